The molecule has 0 aromatic carbocycles. The van der Waals surface area contributed by atoms with Crippen LogP contribution in [-0.4, -0.2) is 76.1 Å². The van der Waals surface area contributed by atoms with E-state index in [1.165, 1.54) is 0 Å². The summed E-state index contributed by atoms with van der Waals surface area (Å²) in [7, 11) is 7.78. The maximum atomic E-state index is 11.3. The van der Waals surface area contributed by atoms with E-state index in [2.05, 4.69) is 11.0 Å². The number of hydroxylamine groups is 2. The number of nitrogens with zero attached hydrogens (tertiary/aromatic N) is 2. The summed E-state index contributed by atoms with van der Waals surface area (Å²) in [6, 6.07) is 0. The van der Waals surface area contributed by atoms with E-state index in [0.717, 1.165) is 25.9 Å². The first-order valence-corrected chi connectivity index (χ1v) is 6.57. The summed E-state index contributed by atoms with van der Waals surface area (Å²) in [5.41, 5.74) is 4.12. The van der Waals surface area contributed by atoms with Crippen molar-refractivity contribution in [1.82, 2.24) is 20.8 Å². The molecule has 0 bridgehead atoms. The first-order chi connectivity index (χ1) is 9.43. The molecule has 0 heterocycles. The maximum absolute atomic E-state index is 11.3. The first-order valence-electron chi connectivity index (χ1n) is 6.57. The van der Waals surface area contributed by atoms with Crippen LogP contribution in [0.3, 0.4) is 0 Å². The summed E-state index contributed by atoms with van der Waals surface area (Å²) in [5, 5.41) is 0. The second-order valence-corrected chi connectivity index (χ2v) is 4.87. The van der Waals surface area contributed by atoms with Gasteiger partial charge in [-0.05, 0) is 54.1 Å². The van der Waals surface area contributed by atoms with Gasteiger partial charge in [0.2, 0.25) is 0 Å². The highest BCUT2D eigenvalue weighted by Gasteiger charge is 2.13. The van der Waals surface area contributed by atoms with Gasteiger partial charge in [-0.15, -0.1) is 0 Å². The van der Waals surface area contributed by atoms with Crippen LogP contribution < -0.4 is 11.0 Å². The third kappa shape index (κ3) is 11.8. The fourth-order valence-corrected chi connectivity index (χ4v) is 1.23. The summed E-state index contributed by atoms with van der Waals surface area (Å²) < 4.78 is 0. The van der Waals surface area contributed by atoms with Gasteiger partial charge < -0.3 is 9.80 Å². The minimum absolute atomic E-state index is 0.348. The van der Waals surface area contributed by atoms with Gasteiger partial charge in [0.15, 0.2) is 0 Å². The van der Waals surface area contributed by atoms with E-state index in [0.29, 0.717) is 13.2 Å². The summed E-state index contributed by atoms with van der Waals surface area (Å²) >= 11 is 0. The Kier molecular flexibility index (Phi) is 10.9. The molecule has 0 aromatic rings. The molecular formula is C12H26N4O4. The molecule has 20 heavy (non-hydrogen) atoms. The van der Waals surface area contributed by atoms with Crippen molar-refractivity contribution < 1.29 is 19.3 Å². The predicted molar refractivity (Wildman–Crippen MR) is 74.5 cm³/mol. The zero-order valence-corrected chi connectivity index (χ0v) is 12.8. The fourth-order valence-electron chi connectivity index (χ4n) is 1.23. The number of rotatable bonds is 10. The molecule has 0 fully saturated rings. The topological polar surface area (TPSA) is 83.1 Å². The third-order valence-electron chi connectivity index (χ3n) is 2.24. The van der Waals surface area contributed by atoms with Crippen molar-refractivity contribution in [2.75, 3.05) is 54.5 Å². The van der Waals surface area contributed by atoms with Crippen LogP contribution in [0.25, 0.3) is 0 Å². The molecule has 0 aliphatic heterocycles. The quantitative estimate of drug-likeness (QED) is 0.305. The number of carbonyl (C=O) groups is 2. The number of nitrogens with one attached hydrogen (secondary N) is 2. The Hall–Kier alpha value is -1.22. The van der Waals surface area contributed by atoms with E-state index in [4.69, 9.17) is 9.68 Å². The highest BCUT2D eigenvalue weighted by Crippen LogP contribution is 1.85. The molecule has 0 radical (unpaired) electrons. The average molecular weight is 290 g/mol. The van der Waals surface area contributed by atoms with Crippen molar-refractivity contribution in [3.8, 4) is 0 Å². The molecule has 0 aliphatic rings. The highest BCUT2D eigenvalue weighted by molar-refractivity contribution is 6.34. The highest BCUT2D eigenvalue weighted by atomic mass is 16.7. The summed E-state index contributed by atoms with van der Waals surface area (Å²) in [5.74, 6) is -1.75. The van der Waals surface area contributed by atoms with Gasteiger partial charge in [0.25, 0.3) is 0 Å². The molecule has 2 amide bonds. The van der Waals surface area contributed by atoms with Gasteiger partial charge >= 0.3 is 11.8 Å². The summed E-state index contributed by atoms with van der Waals surface area (Å²) in [4.78, 5) is 36.3. The van der Waals surface area contributed by atoms with Crippen LogP contribution in [0.4, 0.5) is 0 Å². The predicted octanol–water partition coefficient (Wildman–Crippen LogP) is -1.01. The lowest BCUT2D eigenvalue weighted by Crippen LogP contribution is -2.40. The van der Waals surface area contributed by atoms with Crippen molar-refractivity contribution in [2.45, 2.75) is 12.8 Å². The molecule has 0 saturated carbocycles. The summed E-state index contributed by atoms with van der Waals surface area (Å²) in [6.07, 6.45) is 1.52. The number of amides is 2. The van der Waals surface area contributed by atoms with Crippen molar-refractivity contribution in [1.29, 1.82) is 0 Å². The van der Waals surface area contributed by atoms with Crippen molar-refractivity contribution in [3.63, 3.8) is 0 Å². The van der Waals surface area contributed by atoms with E-state index in [9.17, 15) is 9.59 Å². The Balaban J connectivity index is 3.49. The lowest BCUT2D eigenvalue weighted by atomic mass is 10.4. The Labute approximate surface area is 120 Å². The summed E-state index contributed by atoms with van der Waals surface area (Å²) in [6.45, 7) is 2.38. The molecule has 118 valence electrons. The SMILES string of the molecule is CN(C)CCCONC(=O)C(=O)NOCCCN(C)C. The number of hydrogen-bond acceptors (Lipinski definition) is 6. The number of carbonyl (C=O) groups excluding carboxylic acids is 2. The van der Waals surface area contributed by atoms with Crippen LogP contribution in [0.2, 0.25) is 0 Å². The van der Waals surface area contributed by atoms with Crippen LogP contribution >= 0.6 is 0 Å². The molecule has 8 nitrogen and oxygen atoms in total. The molecule has 0 aromatic heterocycles. The van der Waals surface area contributed by atoms with Gasteiger partial charge in [0.1, 0.15) is 0 Å². The molecule has 0 aliphatic carbocycles. The van der Waals surface area contributed by atoms with E-state index in [1.807, 2.05) is 38.0 Å². The van der Waals surface area contributed by atoms with E-state index in [1.54, 1.807) is 0 Å². The van der Waals surface area contributed by atoms with Crippen molar-refractivity contribution >= 4 is 11.8 Å². The van der Waals surface area contributed by atoms with Gasteiger partial charge in [-0.3, -0.25) is 19.3 Å². The molecule has 0 unspecified atom stereocenters. The Bertz CT molecular complexity index is 257. The molecule has 0 spiro atoms. The minimum Gasteiger partial charge on any atom is -0.309 e. The van der Waals surface area contributed by atoms with Crippen LogP contribution in [0.1, 0.15) is 12.8 Å². The van der Waals surface area contributed by atoms with Gasteiger partial charge in [0.05, 0.1) is 13.2 Å². The molecule has 0 saturated heterocycles. The maximum Gasteiger partial charge on any atom is 0.335 e. The van der Waals surface area contributed by atoms with Gasteiger partial charge in [0, 0.05) is 0 Å². The smallest absolute Gasteiger partial charge is 0.309 e. The van der Waals surface area contributed by atoms with E-state index in [-0.39, 0.29) is 0 Å². The Morgan fingerprint density at radius 2 is 1.15 bits per heavy atom. The van der Waals surface area contributed by atoms with Crippen LogP contribution in [-0.2, 0) is 19.3 Å². The Morgan fingerprint density at radius 3 is 1.45 bits per heavy atom. The van der Waals surface area contributed by atoms with Crippen LogP contribution in [0.5, 0.6) is 0 Å². The molecule has 0 rings (SSSR count). The third-order valence-corrected chi connectivity index (χ3v) is 2.24. The zero-order chi connectivity index (χ0) is 15.4. The minimum atomic E-state index is -0.873. The largest absolute Gasteiger partial charge is 0.335 e. The molecule has 8 heteroatoms. The standard InChI is InChI=1S/C12H26N4O4/c1-15(2)7-5-9-19-13-11(17)12(18)14-20-10-6-8-16(3)4/h5-10H2,1-4H3,(H,13,17)(H,14,18). The first kappa shape index (κ1) is 18.8. The van der Waals surface area contributed by atoms with Gasteiger partial charge in [-0.25, -0.2) is 11.0 Å². The normalized spacial score (nSPS) is 10.9. The lowest BCUT2D eigenvalue weighted by molar-refractivity contribution is -0.153. The monoisotopic (exact) mass is 290 g/mol. The zero-order valence-electron chi connectivity index (χ0n) is 12.8. The number of hydrogen-bond donors (Lipinski definition) is 2. The van der Waals surface area contributed by atoms with E-state index < -0.39 is 11.8 Å². The van der Waals surface area contributed by atoms with E-state index >= 15 is 0 Å². The average Bonchev–Trinajstić information content (AvgIpc) is 2.36. The second kappa shape index (κ2) is 11.6. The lowest BCUT2D eigenvalue weighted by Gasteiger charge is -2.10. The van der Waals surface area contributed by atoms with Crippen molar-refractivity contribution in [3.05, 3.63) is 0 Å². The van der Waals surface area contributed by atoms with Crippen LogP contribution in [0.15, 0.2) is 0 Å². The van der Waals surface area contributed by atoms with Gasteiger partial charge in [-0.2, -0.15) is 0 Å². The molecule has 2 N–H and O–H groups in total. The Morgan fingerprint density at radius 1 is 0.800 bits per heavy atom. The van der Waals surface area contributed by atoms with Crippen LogP contribution in [0, 0.1) is 0 Å². The second-order valence-electron chi connectivity index (χ2n) is 4.87. The molecular weight excluding hydrogens is 264 g/mol. The van der Waals surface area contributed by atoms with Crippen molar-refractivity contribution in [2.24, 2.45) is 0 Å². The van der Waals surface area contributed by atoms with Gasteiger partial charge in [-0.1, -0.05) is 0 Å². The molecule has 0 atom stereocenters. The fraction of sp³-hybridized carbons (Fsp3) is 0.833.